The highest BCUT2D eigenvalue weighted by atomic mass is 32.2. The van der Waals surface area contributed by atoms with Gasteiger partial charge in [-0.15, -0.1) is 11.8 Å². The van der Waals surface area contributed by atoms with Crippen LogP contribution >= 0.6 is 23.5 Å². The molecule has 0 atom stereocenters. The molecule has 2 heterocycles. The van der Waals surface area contributed by atoms with E-state index in [9.17, 15) is 13.2 Å². The molecule has 0 aliphatic carbocycles. The molecule has 3 nitrogen and oxygen atoms in total. The quantitative estimate of drug-likeness (QED) is 0.350. The van der Waals surface area contributed by atoms with Crippen LogP contribution in [0.1, 0.15) is 6.92 Å². The Balaban J connectivity index is 1.82. The number of benzene rings is 2. The molecule has 2 aromatic carbocycles. The van der Waals surface area contributed by atoms with E-state index >= 15 is 0 Å². The standard InChI is InChI=1S/C19H13F3N2OS2/c1-2-26-16-9-11-5-3-4-6-13(11)23-17(16)18-24-14-10-12(27-19(20,21)22)7-8-15(14)25-18/h3-10H,2H2,1H3. The summed E-state index contributed by atoms with van der Waals surface area (Å²) in [5.41, 5.74) is -2.13. The fourth-order valence-corrected chi connectivity index (χ4v) is 4.09. The molecular weight excluding hydrogens is 393 g/mol. The van der Waals surface area contributed by atoms with Gasteiger partial charge < -0.3 is 4.42 Å². The summed E-state index contributed by atoms with van der Waals surface area (Å²) >= 11 is 1.45. The second kappa shape index (κ2) is 7.09. The van der Waals surface area contributed by atoms with Crippen molar-refractivity contribution in [3.05, 3.63) is 48.5 Å². The van der Waals surface area contributed by atoms with Gasteiger partial charge in [0.15, 0.2) is 5.58 Å². The maximum absolute atomic E-state index is 12.6. The number of pyridine rings is 1. The normalized spacial score (nSPS) is 12.1. The fourth-order valence-electron chi connectivity index (χ4n) is 2.72. The van der Waals surface area contributed by atoms with E-state index in [1.807, 2.05) is 37.3 Å². The highest BCUT2D eigenvalue weighted by Gasteiger charge is 2.29. The molecule has 0 radical (unpaired) electrons. The van der Waals surface area contributed by atoms with E-state index in [1.165, 1.54) is 18.2 Å². The molecule has 2 aromatic heterocycles. The van der Waals surface area contributed by atoms with Crippen molar-refractivity contribution in [1.29, 1.82) is 0 Å². The molecule has 0 fully saturated rings. The Kier molecular flexibility index (Phi) is 4.77. The van der Waals surface area contributed by atoms with Crippen LogP contribution in [0.5, 0.6) is 0 Å². The van der Waals surface area contributed by atoms with Crippen LogP contribution in [0.2, 0.25) is 0 Å². The van der Waals surface area contributed by atoms with Crippen molar-refractivity contribution in [3.8, 4) is 11.6 Å². The first-order valence-corrected chi connectivity index (χ1v) is 9.92. The van der Waals surface area contributed by atoms with Gasteiger partial charge in [-0.2, -0.15) is 13.2 Å². The van der Waals surface area contributed by atoms with Crippen molar-refractivity contribution in [2.24, 2.45) is 0 Å². The van der Waals surface area contributed by atoms with Gasteiger partial charge in [0.1, 0.15) is 11.2 Å². The monoisotopic (exact) mass is 406 g/mol. The number of aromatic nitrogens is 2. The van der Waals surface area contributed by atoms with Crippen LogP contribution in [0.25, 0.3) is 33.6 Å². The third-order valence-electron chi connectivity index (χ3n) is 3.78. The largest absolute Gasteiger partial charge is 0.446 e. The maximum Gasteiger partial charge on any atom is 0.446 e. The first kappa shape index (κ1) is 18.2. The van der Waals surface area contributed by atoms with E-state index in [4.69, 9.17) is 4.42 Å². The summed E-state index contributed by atoms with van der Waals surface area (Å²) in [4.78, 5) is 10.1. The van der Waals surface area contributed by atoms with Crippen molar-refractivity contribution in [3.63, 3.8) is 0 Å². The van der Waals surface area contributed by atoms with E-state index < -0.39 is 5.51 Å². The Hall–Kier alpha value is -2.19. The van der Waals surface area contributed by atoms with E-state index in [2.05, 4.69) is 9.97 Å². The van der Waals surface area contributed by atoms with Crippen LogP contribution in [-0.4, -0.2) is 21.2 Å². The van der Waals surface area contributed by atoms with Gasteiger partial charge in [0.25, 0.3) is 0 Å². The number of fused-ring (bicyclic) bond motifs is 2. The minimum Gasteiger partial charge on any atom is -0.435 e. The number of hydrogen-bond acceptors (Lipinski definition) is 5. The van der Waals surface area contributed by atoms with E-state index in [0.29, 0.717) is 22.7 Å². The Morgan fingerprint density at radius 2 is 1.81 bits per heavy atom. The molecule has 0 spiro atoms. The Morgan fingerprint density at radius 1 is 1.00 bits per heavy atom. The second-order valence-electron chi connectivity index (χ2n) is 5.66. The SMILES string of the molecule is CCSc1cc2ccccc2nc1-c1nc2cc(SC(F)(F)F)ccc2o1. The van der Waals surface area contributed by atoms with Crippen molar-refractivity contribution in [2.45, 2.75) is 22.2 Å². The molecule has 0 amide bonds. The van der Waals surface area contributed by atoms with Crippen LogP contribution in [0.15, 0.2) is 62.7 Å². The molecule has 4 aromatic rings. The third-order valence-corrected chi connectivity index (χ3v) is 5.42. The Labute approximate surface area is 161 Å². The van der Waals surface area contributed by atoms with Crippen molar-refractivity contribution >= 4 is 45.5 Å². The molecule has 0 aliphatic heterocycles. The van der Waals surface area contributed by atoms with Crippen LogP contribution in [-0.2, 0) is 0 Å². The van der Waals surface area contributed by atoms with E-state index in [-0.39, 0.29) is 16.7 Å². The van der Waals surface area contributed by atoms with Crippen molar-refractivity contribution in [2.75, 3.05) is 5.75 Å². The fraction of sp³-hybridized carbons (Fsp3) is 0.158. The molecule has 0 saturated heterocycles. The van der Waals surface area contributed by atoms with Crippen molar-refractivity contribution in [1.82, 2.24) is 9.97 Å². The molecule has 0 N–H and O–H groups in total. The average Bonchev–Trinajstić information content (AvgIpc) is 3.03. The highest BCUT2D eigenvalue weighted by molar-refractivity contribution is 8.00. The molecule has 4 rings (SSSR count). The zero-order valence-corrected chi connectivity index (χ0v) is 15.7. The molecule has 0 aliphatic rings. The summed E-state index contributed by atoms with van der Waals surface area (Å²) in [6, 6.07) is 14.0. The summed E-state index contributed by atoms with van der Waals surface area (Å²) in [6.07, 6.45) is 0. The second-order valence-corrected chi connectivity index (χ2v) is 8.10. The predicted molar refractivity (Wildman–Crippen MR) is 103 cm³/mol. The summed E-state index contributed by atoms with van der Waals surface area (Å²) < 4.78 is 43.6. The van der Waals surface area contributed by atoms with Crippen LogP contribution in [0.4, 0.5) is 13.2 Å². The van der Waals surface area contributed by atoms with Crippen LogP contribution in [0, 0.1) is 0 Å². The Bertz CT molecular complexity index is 1130. The number of alkyl halides is 3. The van der Waals surface area contributed by atoms with E-state index in [0.717, 1.165) is 21.6 Å². The minimum atomic E-state index is -4.34. The van der Waals surface area contributed by atoms with Crippen molar-refractivity contribution < 1.29 is 17.6 Å². The molecule has 0 saturated carbocycles. The topological polar surface area (TPSA) is 38.9 Å². The van der Waals surface area contributed by atoms with Gasteiger partial charge in [0.05, 0.1) is 5.52 Å². The first-order chi connectivity index (χ1) is 12.9. The molecule has 0 bridgehead atoms. The van der Waals surface area contributed by atoms with Gasteiger partial charge >= 0.3 is 5.51 Å². The lowest BCUT2D eigenvalue weighted by Gasteiger charge is -2.06. The van der Waals surface area contributed by atoms with Gasteiger partial charge in [-0.25, -0.2) is 9.97 Å². The number of rotatable bonds is 4. The van der Waals surface area contributed by atoms with Crippen LogP contribution in [0.3, 0.4) is 0 Å². The summed E-state index contributed by atoms with van der Waals surface area (Å²) in [5, 5.41) is 1.01. The number of hydrogen-bond donors (Lipinski definition) is 0. The lowest BCUT2D eigenvalue weighted by Crippen LogP contribution is -1.98. The molecule has 8 heteroatoms. The lowest BCUT2D eigenvalue weighted by atomic mass is 10.2. The number of nitrogens with zero attached hydrogens (tertiary/aromatic N) is 2. The number of thioether (sulfide) groups is 2. The van der Waals surface area contributed by atoms with Crippen LogP contribution < -0.4 is 0 Å². The first-order valence-electron chi connectivity index (χ1n) is 8.12. The summed E-state index contributed by atoms with van der Waals surface area (Å²) in [6.45, 7) is 2.04. The molecule has 27 heavy (non-hydrogen) atoms. The molecule has 138 valence electrons. The van der Waals surface area contributed by atoms with Gasteiger partial charge in [-0.3, -0.25) is 0 Å². The maximum atomic E-state index is 12.6. The summed E-state index contributed by atoms with van der Waals surface area (Å²) in [7, 11) is 0. The summed E-state index contributed by atoms with van der Waals surface area (Å²) in [5.74, 6) is 1.15. The van der Waals surface area contributed by atoms with Gasteiger partial charge in [-0.1, -0.05) is 25.1 Å². The molecular formula is C19H13F3N2OS2. The number of oxazole rings is 1. The molecule has 0 unspecified atom stereocenters. The van der Waals surface area contributed by atoms with E-state index in [1.54, 1.807) is 11.8 Å². The smallest absolute Gasteiger partial charge is 0.435 e. The average molecular weight is 406 g/mol. The van der Waals surface area contributed by atoms with Gasteiger partial charge in [0, 0.05) is 15.2 Å². The number of para-hydroxylation sites is 1. The Morgan fingerprint density at radius 3 is 2.59 bits per heavy atom. The van der Waals surface area contributed by atoms with Gasteiger partial charge in [-0.05, 0) is 47.8 Å². The zero-order valence-electron chi connectivity index (χ0n) is 14.1. The van der Waals surface area contributed by atoms with Gasteiger partial charge in [0.2, 0.25) is 5.89 Å². The predicted octanol–water partition coefficient (Wildman–Crippen LogP) is 6.77. The minimum absolute atomic E-state index is 0.0736. The lowest BCUT2D eigenvalue weighted by molar-refractivity contribution is -0.0328. The third kappa shape index (κ3) is 3.91. The highest BCUT2D eigenvalue weighted by Crippen LogP contribution is 2.39. The zero-order chi connectivity index (χ0) is 19.0. The number of halogens is 3.